The van der Waals surface area contributed by atoms with Gasteiger partial charge < -0.3 is 9.64 Å². The van der Waals surface area contributed by atoms with E-state index in [1.54, 1.807) is 12.1 Å². The van der Waals surface area contributed by atoms with Crippen molar-refractivity contribution in [2.75, 3.05) is 13.6 Å². The second kappa shape index (κ2) is 11.2. The van der Waals surface area contributed by atoms with E-state index in [-0.39, 0.29) is 40.3 Å². The number of benzene rings is 3. The molecule has 0 saturated heterocycles. The molecule has 1 heterocycles. The van der Waals surface area contributed by atoms with Gasteiger partial charge in [0.1, 0.15) is 11.9 Å². The predicted molar refractivity (Wildman–Crippen MR) is 143 cm³/mol. The topological polar surface area (TPSA) is 29.5 Å². The molecule has 0 bridgehead atoms. The molecule has 184 valence electrons. The van der Waals surface area contributed by atoms with E-state index in [4.69, 9.17) is 4.74 Å². The molecule has 35 heavy (non-hydrogen) atoms. The van der Waals surface area contributed by atoms with Crippen LogP contribution in [0, 0.1) is 5.82 Å². The van der Waals surface area contributed by atoms with Gasteiger partial charge >= 0.3 is 0 Å². The van der Waals surface area contributed by atoms with Crippen LogP contribution in [-0.4, -0.2) is 30.3 Å². The van der Waals surface area contributed by atoms with Gasteiger partial charge in [-0.3, -0.25) is 4.79 Å². The number of fused-ring (bicyclic) bond motifs is 2. The summed E-state index contributed by atoms with van der Waals surface area (Å²) in [6, 6.07) is 25.6. The molecule has 3 aromatic rings. The molecule has 1 saturated carbocycles. The predicted octanol–water partition coefficient (Wildman–Crippen LogP) is 7.26. The van der Waals surface area contributed by atoms with E-state index >= 15 is 0 Å². The first-order valence-corrected chi connectivity index (χ1v) is 12.4. The summed E-state index contributed by atoms with van der Waals surface area (Å²) in [5, 5.41) is 0. The van der Waals surface area contributed by atoms with Crippen molar-refractivity contribution in [2.45, 2.75) is 56.3 Å². The second-order valence-electron chi connectivity index (χ2n) is 9.74. The summed E-state index contributed by atoms with van der Waals surface area (Å²) in [6.07, 6.45) is 5.49. The number of halogens is 2. The Balaban J connectivity index is 0.00000289. The quantitative estimate of drug-likeness (QED) is 0.297. The van der Waals surface area contributed by atoms with Gasteiger partial charge in [0, 0.05) is 18.0 Å². The molecule has 1 spiro atoms. The van der Waals surface area contributed by atoms with Crippen LogP contribution in [0.3, 0.4) is 0 Å². The number of hydrogen-bond donors (Lipinski definition) is 0. The lowest BCUT2D eigenvalue weighted by Gasteiger charge is -2.41. The molecule has 1 aliphatic carbocycles. The molecule has 0 radical (unpaired) electrons. The van der Waals surface area contributed by atoms with Crippen molar-refractivity contribution in [2.24, 2.45) is 0 Å². The van der Waals surface area contributed by atoms with Crippen LogP contribution in [-0.2, 0) is 10.3 Å². The van der Waals surface area contributed by atoms with Crippen LogP contribution >= 0.6 is 17.0 Å². The Morgan fingerprint density at radius 3 is 2.34 bits per heavy atom. The van der Waals surface area contributed by atoms with Gasteiger partial charge in [-0.1, -0.05) is 54.6 Å². The maximum Gasteiger partial charge on any atom is 0.162 e. The molecule has 0 aromatic heterocycles. The molecule has 3 nitrogen and oxygen atoms in total. The second-order valence-corrected chi connectivity index (χ2v) is 9.74. The zero-order valence-corrected chi connectivity index (χ0v) is 21.9. The lowest BCUT2D eigenvalue weighted by atomic mass is 9.77. The van der Waals surface area contributed by atoms with Crippen molar-refractivity contribution in [1.29, 1.82) is 0 Å². The largest absolute Gasteiger partial charge is 0.358 e. The maximum absolute atomic E-state index is 13.1. The van der Waals surface area contributed by atoms with Crippen molar-refractivity contribution < 1.29 is 13.9 Å². The molecule has 2 aliphatic rings. The molecule has 1 atom stereocenters. The van der Waals surface area contributed by atoms with Crippen molar-refractivity contribution in [3.05, 3.63) is 107 Å². The monoisotopic (exact) mass is 537 g/mol. The average Bonchev–Trinajstić information content (AvgIpc) is 3.19. The van der Waals surface area contributed by atoms with E-state index in [1.807, 2.05) is 6.07 Å². The third-order valence-corrected chi connectivity index (χ3v) is 7.65. The fraction of sp³-hybridized carbons (Fsp3) is 0.367. The minimum absolute atomic E-state index is 0. The van der Waals surface area contributed by atoms with Gasteiger partial charge in [0.25, 0.3) is 0 Å². The van der Waals surface area contributed by atoms with Crippen molar-refractivity contribution in [3.8, 4) is 0 Å². The molecule has 0 unspecified atom stereocenters. The minimum Gasteiger partial charge on any atom is -0.358 e. The van der Waals surface area contributed by atoms with Gasteiger partial charge in [0.2, 0.25) is 0 Å². The fourth-order valence-electron chi connectivity index (χ4n) is 5.72. The summed E-state index contributed by atoms with van der Waals surface area (Å²) < 4.78 is 19.9. The lowest BCUT2D eigenvalue weighted by Crippen LogP contribution is -2.41. The zero-order valence-electron chi connectivity index (χ0n) is 20.2. The maximum atomic E-state index is 13.1. The summed E-state index contributed by atoms with van der Waals surface area (Å²) in [4.78, 5) is 14.8. The van der Waals surface area contributed by atoms with Crippen molar-refractivity contribution in [1.82, 2.24) is 4.90 Å². The summed E-state index contributed by atoms with van der Waals surface area (Å²) in [6.45, 7) is 0.884. The molecular weight excluding hydrogens is 505 g/mol. The van der Waals surface area contributed by atoms with Crippen molar-refractivity contribution >= 4 is 22.8 Å². The lowest BCUT2D eigenvalue weighted by molar-refractivity contribution is -0.0942. The van der Waals surface area contributed by atoms with E-state index in [1.165, 1.54) is 28.8 Å². The summed E-state index contributed by atoms with van der Waals surface area (Å²) >= 11 is 0. The van der Waals surface area contributed by atoms with Crippen LogP contribution in [0.2, 0.25) is 0 Å². The van der Waals surface area contributed by atoms with Crippen LogP contribution in [0.15, 0.2) is 78.9 Å². The van der Waals surface area contributed by atoms with Crippen LogP contribution < -0.4 is 0 Å². The number of carbonyl (C=O) groups excluding carboxylic acids is 1. The number of ether oxygens (including phenoxy) is 1. The highest BCUT2D eigenvalue weighted by molar-refractivity contribution is 8.93. The third-order valence-electron chi connectivity index (χ3n) is 7.65. The van der Waals surface area contributed by atoms with Crippen LogP contribution in [0.4, 0.5) is 4.39 Å². The smallest absolute Gasteiger partial charge is 0.162 e. The van der Waals surface area contributed by atoms with Crippen LogP contribution in [0.25, 0.3) is 0 Å². The van der Waals surface area contributed by atoms with E-state index < -0.39 is 0 Å². The highest BCUT2D eigenvalue weighted by atomic mass is 79.9. The highest BCUT2D eigenvalue weighted by Crippen LogP contribution is 2.53. The number of nitrogens with zero attached hydrogens (tertiary/aromatic N) is 1. The molecule has 0 amide bonds. The van der Waals surface area contributed by atoms with Gasteiger partial charge in [0.05, 0.1) is 5.60 Å². The van der Waals surface area contributed by atoms with Gasteiger partial charge in [-0.05, 0) is 86.7 Å². The number of rotatable bonds is 7. The molecule has 0 N–H and O–H groups in total. The zero-order chi connectivity index (χ0) is 23.5. The van der Waals surface area contributed by atoms with Crippen LogP contribution in [0.5, 0.6) is 0 Å². The number of Topliss-reactive ketones (excluding diaryl/α,β-unsaturated/α-hetero) is 1. The SMILES string of the molecule is Br.CN(CCCC(=O)c1ccc(F)cc1)C1CCC2(CC1)O[C@H](c1ccccc1)c1ccccc12. The first kappa shape index (κ1) is 25.7. The van der Waals surface area contributed by atoms with Crippen molar-refractivity contribution in [3.63, 3.8) is 0 Å². The van der Waals surface area contributed by atoms with E-state index in [2.05, 4.69) is 60.5 Å². The van der Waals surface area contributed by atoms with Gasteiger partial charge in [-0.15, -0.1) is 17.0 Å². The molecule has 5 rings (SSSR count). The first-order valence-electron chi connectivity index (χ1n) is 12.4. The molecule has 1 fully saturated rings. The summed E-state index contributed by atoms with van der Waals surface area (Å²) in [7, 11) is 2.17. The Labute approximate surface area is 218 Å². The van der Waals surface area contributed by atoms with E-state index in [0.717, 1.165) is 38.6 Å². The highest BCUT2D eigenvalue weighted by Gasteiger charge is 2.47. The van der Waals surface area contributed by atoms with Gasteiger partial charge in [-0.2, -0.15) is 0 Å². The molecule has 3 aromatic carbocycles. The Kier molecular flexibility index (Phi) is 8.20. The summed E-state index contributed by atoms with van der Waals surface area (Å²) in [5.41, 5.74) is 4.27. The Bertz CT molecular complexity index is 1130. The van der Waals surface area contributed by atoms with Gasteiger partial charge in [-0.25, -0.2) is 4.39 Å². The summed E-state index contributed by atoms with van der Waals surface area (Å²) in [5.74, 6) is -0.228. The third kappa shape index (κ3) is 5.42. The first-order chi connectivity index (χ1) is 16.6. The normalized spacial score (nSPS) is 23.2. The minimum atomic E-state index is -0.310. The Morgan fingerprint density at radius 1 is 0.971 bits per heavy atom. The van der Waals surface area contributed by atoms with E-state index in [0.29, 0.717) is 18.0 Å². The van der Waals surface area contributed by atoms with Crippen LogP contribution in [0.1, 0.15) is 71.7 Å². The van der Waals surface area contributed by atoms with E-state index in [9.17, 15) is 9.18 Å². The fourth-order valence-corrected chi connectivity index (χ4v) is 5.72. The standard InChI is InChI=1S/C30H32FNO2.BrH/c1-32(21-7-12-28(33)22-13-15-24(31)16-14-22)25-17-19-30(20-18-25)27-11-6-5-10-26(27)29(34-30)23-8-3-2-4-9-23;/h2-6,8-11,13-16,25,29H,7,12,17-21H2,1H3;1H/t25?,29-,30?;/m1./s1. The average molecular weight is 539 g/mol. The Morgan fingerprint density at radius 2 is 1.63 bits per heavy atom. The molecule has 1 aliphatic heterocycles. The molecular formula is C30H33BrFNO2. The number of hydrogen-bond acceptors (Lipinski definition) is 3. The Hall–Kier alpha value is -2.34. The molecule has 5 heteroatoms. The number of ketones is 1. The number of carbonyl (C=O) groups is 1. The van der Waals surface area contributed by atoms with Gasteiger partial charge in [0.15, 0.2) is 5.78 Å².